The van der Waals surface area contributed by atoms with Crippen LogP contribution in [0.15, 0.2) is 12.1 Å². The van der Waals surface area contributed by atoms with Gasteiger partial charge in [-0.15, -0.1) is 0 Å². The van der Waals surface area contributed by atoms with E-state index in [1.165, 1.54) is 0 Å². The van der Waals surface area contributed by atoms with Crippen LogP contribution >= 0.6 is 0 Å². The summed E-state index contributed by atoms with van der Waals surface area (Å²) < 4.78 is 13.9. The molecule has 2 rings (SSSR count). The third-order valence-electron chi connectivity index (χ3n) is 3.78. The maximum atomic E-state index is 13.9. The number of hydrogen-bond acceptors (Lipinski definition) is 1. The Balaban J connectivity index is 2.49. The summed E-state index contributed by atoms with van der Waals surface area (Å²) in [6, 6.07) is 3.64. The SMILES string of the molecule is Cc1cc(F)c(C2(C(C)N)CC2)cc1C. The highest BCUT2D eigenvalue weighted by Crippen LogP contribution is 2.51. The minimum absolute atomic E-state index is 0.0362. The van der Waals surface area contributed by atoms with Gasteiger partial charge in [-0.2, -0.15) is 0 Å². The normalized spacial score (nSPS) is 20.1. The zero-order valence-corrected chi connectivity index (χ0v) is 9.60. The summed E-state index contributed by atoms with van der Waals surface area (Å²) in [5, 5.41) is 0. The van der Waals surface area contributed by atoms with Gasteiger partial charge in [-0.3, -0.25) is 0 Å². The van der Waals surface area contributed by atoms with Gasteiger partial charge in [0.15, 0.2) is 0 Å². The average Bonchev–Trinajstić information content (AvgIpc) is 2.92. The lowest BCUT2D eigenvalue weighted by Crippen LogP contribution is -2.32. The van der Waals surface area contributed by atoms with Gasteiger partial charge >= 0.3 is 0 Å². The minimum atomic E-state index is -0.0899. The van der Waals surface area contributed by atoms with Gasteiger partial charge in [-0.05, 0) is 56.4 Å². The molecule has 0 bridgehead atoms. The van der Waals surface area contributed by atoms with Crippen molar-refractivity contribution in [3.05, 3.63) is 34.6 Å². The molecule has 15 heavy (non-hydrogen) atoms. The van der Waals surface area contributed by atoms with E-state index in [9.17, 15) is 4.39 Å². The Kier molecular flexibility index (Phi) is 2.34. The maximum absolute atomic E-state index is 13.9. The van der Waals surface area contributed by atoms with E-state index in [1.54, 1.807) is 6.07 Å². The van der Waals surface area contributed by atoms with Crippen molar-refractivity contribution in [2.75, 3.05) is 0 Å². The first-order valence-electron chi connectivity index (χ1n) is 5.50. The molecule has 0 saturated heterocycles. The first-order chi connectivity index (χ1) is 6.97. The third-order valence-corrected chi connectivity index (χ3v) is 3.78. The Morgan fingerprint density at radius 3 is 2.27 bits per heavy atom. The lowest BCUT2D eigenvalue weighted by Gasteiger charge is -2.21. The Bertz CT molecular complexity index is 392. The number of aryl methyl sites for hydroxylation is 2. The molecular formula is C13H18FN. The molecule has 1 aromatic carbocycles. The molecule has 1 aliphatic carbocycles. The van der Waals surface area contributed by atoms with Gasteiger partial charge in [0, 0.05) is 11.5 Å². The molecule has 0 aromatic heterocycles. The quantitative estimate of drug-likeness (QED) is 0.793. The second kappa shape index (κ2) is 3.31. The van der Waals surface area contributed by atoms with Crippen LogP contribution in [0.25, 0.3) is 0 Å². The fraction of sp³-hybridized carbons (Fsp3) is 0.538. The van der Waals surface area contributed by atoms with Crippen LogP contribution in [-0.2, 0) is 5.41 Å². The highest BCUT2D eigenvalue weighted by molar-refractivity contribution is 5.40. The van der Waals surface area contributed by atoms with E-state index >= 15 is 0 Å². The van der Waals surface area contributed by atoms with Crippen LogP contribution in [-0.4, -0.2) is 6.04 Å². The molecule has 2 N–H and O–H groups in total. The number of benzene rings is 1. The van der Waals surface area contributed by atoms with Gasteiger partial charge in [-0.1, -0.05) is 6.07 Å². The van der Waals surface area contributed by atoms with Crippen molar-refractivity contribution in [3.8, 4) is 0 Å². The molecule has 0 spiro atoms. The van der Waals surface area contributed by atoms with E-state index in [0.29, 0.717) is 0 Å². The van der Waals surface area contributed by atoms with Crippen LogP contribution in [0.1, 0.15) is 36.5 Å². The molecule has 1 aliphatic rings. The van der Waals surface area contributed by atoms with E-state index < -0.39 is 0 Å². The summed E-state index contributed by atoms with van der Waals surface area (Å²) in [6.45, 7) is 5.94. The predicted molar refractivity (Wildman–Crippen MR) is 60.4 cm³/mol. The van der Waals surface area contributed by atoms with Crippen LogP contribution in [0.4, 0.5) is 4.39 Å². The fourth-order valence-corrected chi connectivity index (χ4v) is 2.27. The Hall–Kier alpha value is -0.890. The molecule has 82 valence electrons. The number of halogens is 1. The lowest BCUT2D eigenvalue weighted by atomic mass is 9.87. The molecule has 1 unspecified atom stereocenters. The average molecular weight is 207 g/mol. The Morgan fingerprint density at radius 1 is 1.27 bits per heavy atom. The molecule has 2 heteroatoms. The molecular weight excluding hydrogens is 189 g/mol. The molecule has 0 radical (unpaired) electrons. The van der Waals surface area contributed by atoms with E-state index in [4.69, 9.17) is 5.73 Å². The third kappa shape index (κ3) is 1.57. The topological polar surface area (TPSA) is 26.0 Å². The van der Waals surface area contributed by atoms with Gasteiger partial charge < -0.3 is 5.73 Å². The van der Waals surface area contributed by atoms with Crippen molar-refractivity contribution in [2.24, 2.45) is 5.73 Å². The zero-order valence-electron chi connectivity index (χ0n) is 9.60. The molecule has 1 fully saturated rings. The lowest BCUT2D eigenvalue weighted by molar-refractivity contribution is 0.511. The van der Waals surface area contributed by atoms with Crippen LogP contribution in [0.5, 0.6) is 0 Å². The highest BCUT2D eigenvalue weighted by atomic mass is 19.1. The van der Waals surface area contributed by atoms with Crippen molar-refractivity contribution < 1.29 is 4.39 Å². The van der Waals surface area contributed by atoms with Crippen LogP contribution in [0.3, 0.4) is 0 Å². The molecule has 1 aromatic rings. The standard InChI is InChI=1S/C13H18FN/c1-8-6-11(12(14)7-9(8)2)13(4-5-13)10(3)15/h6-7,10H,4-5,15H2,1-3H3. The van der Waals surface area contributed by atoms with E-state index in [1.807, 2.05) is 26.8 Å². The summed E-state index contributed by atoms with van der Waals surface area (Å²) in [6.07, 6.45) is 2.04. The van der Waals surface area contributed by atoms with Gasteiger partial charge in [0.25, 0.3) is 0 Å². The Labute approximate surface area is 90.5 Å². The van der Waals surface area contributed by atoms with E-state index in [-0.39, 0.29) is 17.3 Å². The van der Waals surface area contributed by atoms with Gasteiger partial charge in [0.05, 0.1) is 0 Å². The maximum Gasteiger partial charge on any atom is 0.127 e. The van der Waals surface area contributed by atoms with Crippen molar-refractivity contribution in [3.63, 3.8) is 0 Å². The molecule has 1 atom stereocenters. The smallest absolute Gasteiger partial charge is 0.127 e. The highest BCUT2D eigenvalue weighted by Gasteiger charge is 2.49. The van der Waals surface area contributed by atoms with Gasteiger partial charge in [0.1, 0.15) is 5.82 Å². The van der Waals surface area contributed by atoms with Crippen LogP contribution in [0, 0.1) is 19.7 Å². The number of nitrogens with two attached hydrogens (primary N) is 1. The number of hydrogen-bond donors (Lipinski definition) is 1. The minimum Gasteiger partial charge on any atom is -0.327 e. The second-order valence-electron chi connectivity index (χ2n) is 4.86. The molecule has 0 aliphatic heterocycles. The first-order valence-corrected chi connectivity index (χ1v) is 5.50. The summed E-state index contributed by atoms with van der Waals surface area (Å²) in [4.78, 5) is 0. The largest absolute Gasteiger partial charge is 0.327 e. The summed E-state index contributed by atoms with van der Waals surface area (Å²) in [7, 11) is 0. The van der Waals surface area contributed by atoms with Crippen LogP contribution < -0.4 is 5.73 Å². The van der Waals surface area contributed by atoms with Crippen molar-refractivity contribution in [1.29, 1.82) is 0 Å². The second-order valence-corrected chi connectivity index (χ2v) is 4.86. The zero-order chi connectivity index (χ0) is 11.2. The summed E-state index contributed by atoms with van der Waals surface area (Å²) in [5.41, 5.74) is 8.86. The van der Waals surface area contributed by atoms with Gasteiger partial charge in [-0.25, -0.2) is 4.39 Å². The summed E-state index contributed by atoms with van der Waals surface area (Å²) >= 11 is 0. The summed E-state index contributed by atoms with van der Waals surface area (Å²) in [5.74, 6) is -0.0899. The number of rotatable bonds is 2. The van der Waals surface area contributed by atoms with Gasteiger partial charge in [0.2, 0.25) is 0 Å². The molecule has 1 saturated carbocycles. The van der Waals surface area contributed by atoms with Crippen molar-refractivity contribution >= 4 is 0 Å². The molecule has 0 amide bonds. The fourth-order valence-electron chi connectivity index (χ4n) is 2.27. The predicted octanol–water partition coefficient (Wildman–Crippen LogP) is 2.82. The first kappa shape index (κ1) is 10.6. The van der Waals surface area contributed by atoms with Crippen molar-refractivity contribution in [1.82, 2.24) is 0 Å². The molecule has 1 nitrogen and oxygen atoms in total. The Morgan fingerprint density at radius 2 is 1.80 bits per heavy atom. The monoisotopic (exact) mass is 207 g/mol. The van der Waals surface area contributed by atoms with E-state index in [0.717, 1.165) is 29.5 Å². The van der Waals surface area contributed by atoms with Crippen molar-refractivity contribution in [2.45, 2.75) is 45.1 Å². The van der Waals surface area contributed by atoms with Crippen LogP contribution in [0.2, 0.25) is 0 Å². The van der Waals surface area contributed by atoms with E-state index in [2.05, 4.69) is 0 Å². The molecule has 0 heterocycles.